The largest absolute Gasteiger partial charge is 0.586 e. The van der Waals surface area contributed by atoms with Gasteiger partial charge in [0, 0.05) is 6.42 Å². The molecule has 0 saturated heterocycles. The fourth-order valence-corrected chi connectivity index (χ4v) is 1.46. The maximum Gasteiger partial charge on any atom is 0.586 e. The zero-order chi connectivity index (χ0) is 11.8. The molecule has 0 unspecified atom stereocenters. The van der Waals surface area contributed by atoms with E-state index in [1.54, 1.807) is 0 Å². The number of carboxylic acid groups (broad SMARTS) is 1. The SMILES string of the molecule is O=C(O)CCc1cccc2c1OC(F)(F)O2. The summed E-state index contributed by atoms with van der Waals surface area (Å²) >= 11 is 0. The molecule has 0 amide bonds. The van der Waals surface area contributed by atoms with Crippen LogP contribution in [0.4, 0.5) is 8.78 Å². The standard InChI is InChI=1S/C10H8F2O4/c11-10(12)15-7-3-1-2-6(9(7)16-10)4-5-8(13)14/h1-3H,4-5H2,(H,13,14). The van der Waals surface area contributed by atoms with E-state index in [0.717, 1.165) is 0 Å². The Bertz CT molecular complexity index is 431. The minimum Gasteiger partial charge on any atom is -0.481 e. The van der Waals surface area contributed by atoms with Gasteiger partial charge in [-0.25, -0.2) is 0 Å². The number of fused-ring (bicyclic) bond motifs is 1. The van der Waals surface area contributed by atoms with Crippen LogP contribution in [0.1, 0.15) is 12.0 Å². The van der Waals surface area contributed by atoms with Crippen LogP contribution in [0.15, 0.2) is 18.2 Å². The van der Waals surface area contributed by atoms with Crippen molar-refractivity contribution in [3.8, 4) is 11.5 Å². The topological polar surface area (TPSA) is 55.8 Å². The number of rotatable bonds is 3. The minimum absolute atomic E-state index is 0.0621. The van der Waals surface area contributed by atoms with Crippen molar-refractivity contribution in [3.05, 3.63) is 23.8 Å². The van der Waals surface area contributed by atoms with Crippen molar-refractivity contribution in [2.45, 2.75) is 19.1 Å². The number of halogens is 2. The summed E-state index contributed by atoms with van der Waals surface area (Å²) in [6.45, 7) is 0. The summed E-state index contributed by atoms with van der Waals surface area (Å²) in [6.07, 6.45) is -3.69. The molecule has 4 nitrogen and oxygen atoms in total. The van der Waals surface area contributed by atoms with Crippen LogP contribution in [0, 0.1) is 0 Å². The molecule has 1 aromatic carbocycles. The molecule has 1 N–H and O–H groups in total. The Hall–Kier alpha value is -1.85. The average molecular weight is 230 g/mol. The Morgan fingerprint density at radius 3 is 2.81 bits per heavy atom. The third-order valence-electron chi connectivity index (χ3n) is 2.12. The van der Waals surface area contributed by atoms with Gasteiger partial charge in [-0.3, -0.25) is 4.79 Å². The lowest BCUT2D eigenvalue weighted by Crippen LogP contribution is -2.26. The number of ether oxygens (including phenoxy) is 2. The number of aliphatic carboxylic acids is 1. The number of hydrogen-bond acceptors (Lipinski definition) is 3. The second-order valence-corrected chi connectivity index (χ2v) is 3.31. The molecule has 86 valence electrons. The zero-order valence-electron chi connectivity index (χ0n) is 8.07. The second kappa shape index (κ2) is 3.62. The number of hydrogen-bond donors (Lipinski definition) is 1. The third-order valence-corrected chi connectivity index (χ3v) is 2.12. The average Bonchev–Trinajstić information content (AvgIpc) is 2.48. The lowest BCUT2D eigenvalue weighted by molar-refractivity contribution is -0.286. The van der Waals surface area contributed by atoms with Crippen molar-refractivity contribution in [1.82, 2.24) is 0 Å². The minimum atomic E-state index is -3.67. The van der Waals surface area contributed by atoms with Crippen molar-refractivity contribution < 1.29 is 28.2 Å². The van der Waals surface area contributed by atoms with Gasteiger partial charge in [-0.1, -0.05) is 12.1 Å². The van der Waals surface area contributed by atoms with Crippen LogP contribution in [0.3, 0.4) is 0 Å². The van der Waals surface area contributed by atoms with Gasteiger partial charge in [0.25, 0.3) is 0 Å². The summed E-state index contributed by atoms with van der Waals surface area (Å²) in [5.41, 5.74) is 0.400. The molecule has 0 spiro atoms. The van der Waals surface area contributed by atoms with Crippen LogP contribution < -0.4 is 9.47 Å². The highest BCUT2D eigenvalue weighted by Gasteiger charge is 2.44. The van der Waals surface area contributed by atoms with Crippen LogP contribution >= 0.6 is 0 Å². The summed E-state index contributed by atoms with van der Waals surface area (Å²) < 4.78 is 34.1. The number of aryl methyl sites for hydroxylation is 1. The predicted octanol–water partition coefficient (Wildman–Crippen LogP) is 2.03. The van der Waals surface area contributed by atoms with E-state index in [9.17, 15) is 13.6 Å². The molecule has 0 atom stereocenters. The normalized spacial score (nSPS) is 16.1. The van der Waals surface area contributed by atoms with E-state index in [1.807, 2.05) is 0 Å². The van der Waals surface area contributed by atoms with Gasteiger partial charge >= 0.3 is 12.3 Å². The lowest BCUT2D eigenvalue weighted by atomic mass is 10.1. The monoisotopic (exact) mass is 230 g/mol. The number of carbonyl (C=O) groups is 1. The highest BCUT2D eigenvalue weighted by molar-refractivity contribution is 5.67. The van der Waals surface area contributed by atoms with Gasteiger partial charge in [0.05, 0.1) is 0 Å². The van der Waals surface area contributed by atoms with Crippen molar-refractivity contribution >= 4 is 5.97 Å². The smallest absolute Gasteiger partial charge is 0.481 e. The van der Waals surface area contributed by atoms with Crippen LogP contribution in [0.5, 0.6) is 11.5 Å². The molecule has 0 fully saturated rings. The quantitative estimate of drug-likeness (QED) is 0.863. The molecule has 1 aromatic rings. The lowest BCUT2D eigenvalue weighted by Gasteiger charge is -2.06. The molecule has 16 heavy (non-hydrogen) atoms. The van der Waals surface area contributed by atoms with Crippen LogP contribution in [-0.4, -0.2) is 17.4 Å². The van der Waals surface area contributed by atoms with E-state index < -0.39 is 12.3 Å². The molecular formula is C10H8F2O4. The number of alkyl halides is 2. The van der Waals surface area contributed by atoms with Gasteiger partial charge in [-0.2, -0.15) is 0 Å². The third kappa shape index (κ3) is 2.05. The molecule has 0 radical (unpaired) electrons. The molecule has 0 saturated carbocycles. The van der Waals surface area contributed by atoms with Crippen LogP contribution in [0.25, 0.3) is 0 Å². The summed E-state index contributed by atoms with van der Waals surface area (Å²) in [5, 5.41) is 8.51. The highest BCUT2D eigenvalue weighted by Crippen LogP contribution is 2.43. The van der Waals surface area contributed by atoms with Crippen molar-refractivity contribution in [2.24, 2.45) is 0 Å². The first-order valence-electron chi connectivity index (χ1n) is 4.57. The van der Waals surface area contributed by atoms with Gasteiger partial charge in [0.15, 0.2) is 11.5 Å². The van der Waals surface area contributed by atoms with Crippen molar-refractivity contribution in [1.29, 1.82) is 0 Å². The first-order valence-corrected chi connectivity index (χ1v) is 4.57. The maximum absolute atomic E-state index is 12.8. The molecule has 0 bridgehead atoms. The van der Waals surface area contributed by atoms with Gasteiger partial charge in [-0.05, 0) is 18.1 Å². The molecule has 0 aliphatic carbocycles. The Morgan fingerprint density at radius 2 is 2.12 bits per heavy atom. The van der Waals surface area contributed by atoms with Crippen LogP contribution in [-0.2, 0) is 11.2 Å². The first kappa shape index (κ1) is 10.7. The van der Waals surface area contributed by atoms with Gasteiger partial charge in [0.2, 0.25) is 0 Å². The summed E-state index contributed by atoms with van der Waals surface area (Å²) in [5.74, 6) is -1.13. The van der Waals surface area contributed by atoms with E-state index >= 15 is 0 Å². The van der Waals surface area contributed by atoms with Crippen molar-refractivity contribution in [2.75, 3.05) is 0 Å². The Kier molecular flexibility index (Phi) is 2.41. The highest BCUT2D eigenvalue weighted by atomic mass is 19.3. The Morgan fingerprint density at radius 1 is 1.38 bits per heavy atom. The van der Waals surface area contributed by atoms with E-state index in [2.05, 4.69) is 9.47 Å². The summed E-state index contributed by atoms with van der Waals surface area (Å²) in [7, 11) is 0. The predicted molar refractivity (Wildman–Crippen MR) is 48.6 cm³/mol. The van der Waals surface area contributed by atoms with Gasteiger partial charge in [0.1, 0.15) is 0 Å². The van der Waals surface area contributed by atoms with Crippen molar-refractivity contribution in [3.63, 3.8) is 0 Å². The molecule has 1 aliphatic heterocycles. The van der Waals surface area contributed by atoms with Gasteiger partial charge in [-0.15, -0.1) is 8.78 Å². The molecule has 1 aliphatic rings. The Labute approximate surface area is 89.4 Å². The van der Waals surface area contributed by atoms with E-state index in [-0.39, 0.29) is 24.3 Å². The molecular weight excluding hydrogens is 222 g/mol. The molecule has 1 heterocycles. The molecule has 0 aromatic heterocycles. The van der Waals surface area contributed by atoms with E-state index in [0.29, 0.717) is 5.56 Å². The maximum atomic E-state index is 12.8. The number of para-hydroxylation sites is 1. The molecule has 6 heteroatoms. The zero-order valence-corrected chi connectivity index (χ0v) is 8.07. The fourth-order valence-electron chi connectivity index (χ4n) is 1.46. The number of benzene rings is 1. The first-order chi connectivity index (χ1) is 7.48. The van der Waals surface area contributed by atoms with Gasteiger partial charge < -0.3 is 14.6 Å². The van der Waals surface area contributed by atoms with E-state index in [1.165, 1.54) is 18.2 Å². The van der Waals surface area contributed by atoms with Crippen LogP contribution in [0.2, 0.25) is 0 Å². The summed E-state index contributed by atoms with van der Waals surface area (Å²) in [6, 6.07) is 4.40. The van der Waals surface area contributed by atoms with E-state index in [4.69, 9.17) is 5.11 Å². The molecule has 2 rings (SSSR count). The number of carboxylic acids is 1. The summed E-state index contributed by atoms with van der Waals surface area (Å²) in [4.78, 5) is 10.4. The fraction of sp³-hybridized carbons (Fsp3) is 0.300. The Balaban J connectivity index is 2.23. The second-order valence-electron chi connectivity index (χ2n) is 3.31.